The number of amides is 1. The predicted molar refractivity (Wildman–Crippen MR) is 113 cm³/mol. The van der Waals surface area contributed by atoms with Crippen molar-refractivity contribution < 1.29 is 14.3 Å². The molecule has 0 bridgehead atoms. The molecule has 0 spiro atoms. The van der Waals surface area contributed by atoms with Crippen LogP contribution in [0, 0.1) is 5.41 Å². The molecular formula is C18H27BrN2O3S2. The van der Waals surface area contributed by atoms with Crippen LogP contribution in [0.1, 0.15) is 41.0 Å². The van der Waals surface area contributed by atoms with Gasteiger partial charge in [-0.3, -0.25) is 9.59 Å². The third kappa shape index (κ3) is 8.31. The highest BCUT2D eigenvalue weighted by molar-refractivity contribution is 9.10. The van der Waals surface area contributed by atoms with Gasteiger partial charge in [0.05, 0.1) is 5.41 Å². The third-order valence-corrected chi connectivity index (χ3v) is 6.27. The zero-order chi connectivity index (χ0) is 19.8. The topological polar surface area (TPSA) is 68.3 Å². The van der Waals surface area contributed by atoms with Crippen molar-refractivity contribution in [2.75, 3.05) is 12.4 Å². The van der Waals surface area contributed by atoms with Gasteiger partial charge in [0.25, 0.3) is 0 Å². The molecule has 26 heavy (non-hydrogen) atoms. The van der Waals surface area contributed by atoms with E-state index in [4.69, 9.17) is 4.74 Å². The normalized spacial score (nSPS) is 14.0. The van der Waals surface area contributed by atoms with E-state index in [1.54, 1.807) is 48.6 Å². The lowest BCUT2D eigenvalue weighted by Crippen LogP contribution is -2.46. The van der Waals surface area contributed by atoms with Crippen molar-refractivity contribution in [1.29, 1.82) is 0 Å². The first-order valence-electron chi connectivity index (χ1n) is 8.42. The van der Waals surface area contributed by atoms with Gasteiger partial charge in [0.2, 0.25) is 5.91 Å². The third-order valence-electron chi connectivity index (χ3n) is 3.40. The molecule has 0 radical (unpaired) electrons. The molecule has 0 aliphatic rings. The van der Waals surface area contributed by atoms with Crippen LogP contribution in [0.25, 0.3) is 0 Å². The standard InChI is InChI=1S/C18H27BrN2O3S2/c1-13(2)21-15(22)18(5,19)12-17(3,4)16(23)24-10-11-25-26-14-8-6-7-9-20-14/h6-9,13H,10-12H2,1-5H3,(H,21,22). The Morgan fingerprint density at radius 2 is 2.00 bits per heavy atom. The summed E-state index contributed by atoms with van der Waals surface area (Å²) in [5.41, 5.74) is -0.772. The molecule has 1 rings (SSSR count). The van der Waals surface area contributed by atoms with Crippen molar-refractivity contribution in [3.05, 3.63) is 24.4 Å². The Labute approximate surface area is 172 Å². The number of alkyl halides is 1. The number of pyridine rings is 1. The molecule has 8 heteroatoms. The van der Waals surface area contributed by atoms with Crippen LogP contribution in [0.3, 0.4) is 0 Å². The number of ether oxygens (including phenoxy) is 1. The number of aromatic nitrogens is 1. The van der Waals surface area contributed by atoms with Crippen LogP contribution in [0.5, 0.6) is 0 Å². The number of hydrogen-bond acceptors (Lipinski definition) is 6. The summed E-state index contributed by atoms with van der Waals surface area (Å²) in [6.45, 7) is 9.51. The lowest BCUT2D eigenvalue weighted by atomic mass is 9.83. The van der Waals surface area contributed by atoms with E-state index in [1.165, 1.54) is 0 Å². The van der Waals surface area contributed by atoms with Crippen LogP contribution in [0.2, 0.25) is 0 Å². The zero-order valence-electron chi connectivity index (χ0n) is 15.9. The predicted octanol–water partition coefficient (Wildman–Crippen LogP) is 4.46. The molecule has 0 aliphatic heterocycles. The van der Waals surface area contributed by atoms with Gasteiger partial charge in [-0.2, -0.15) is 0 Å². The highest BCUT2D eigenvalue weighted by Crippen LogP contribution is 2.35. The minimum atomic E-state index is -0.830. The van der Waals surface area contributed by atoms with E-state index in [-0.39, 0.29) is 17.9 Å². The molecule has 0 aliphatic carbocycles. The first-order chi connectivity index (χ1) is 12.0. The number of carbonyl (C=O) groups excluding carboxylic acids is 2. The molecule has 5 nitrogen and oxygen atoms in total. The average molecular weight is 463 g/mol. The van der Waals surface area contributed by atoms with E-state index in [0.29, 0.717) is 18.8 Å². The van der Waals surface area contributed by atoms with Crippen LogP contribution in [0.4, 0.5) is 0 Å². The molecule has 1 aromatic heterocycles. The maximum atomic E-state index is 12.4. The van der Waals surface area contributed by atoms with Crippen LogP contribution in [-0.2, 0) is 14.3 Å². The van der Waals surface area contributed by atoms with E-state index >= 15 is 0 Å². The Balaban J connectivity index is 2.40. The van der Waals surface area contributed by atoms with Gasteiger partial charge in [-0.05, 0) is 64.0 Å². The van der Waals surface area contributed by atoms with E-state index < -0.39 is 9.74 Å². The lowest BCUT2D eigenvalue weighted by molar-refractivity contribution is -0.154. The molecule has 0 fully saturated rings. The number of hydrogen-bond donors (Lipinski definition) is 1. The SMILES string of the molecule is CC(C)NC(=O)C(C)(Br)CC(C)(C)C(=O)OCCSSc1ccccn1. The summed E-state index contributed by atoms with van der Waals surface area (Å²) < 4.78 is 4.58. The van der Waals surface area contributed by atoms with Crippen LogP contribution in [-0.4, -0.2) is 39.6 Å². The Morgan fingerprint density at radius 1 is 1.31 bits per heavy atom. The number of carbonyl (C=O) groups is 2. The van der Waals surface area contributed by atoms with Gasteiger partial charge >= 0.3 is 5.97 Å². The Morgan fingerprint density at radius 3 is 2.58 bits per heavy atom. The summed E-state index contributed by atoms with van der Waals surface area (Å²) in [5.74, 6) is 0.238. The monoisotopic (exact) mass is 462 g/mol. The molecule has 1 N–H and O–H groups in total. The lowest BCUT2D eigenvalue weighted by Gasteiger charge is -2.31. The fourth-order valence-corrected chi connectivity index (χ4v) is 4.78. The number of nitrogens with one attached hydrogen (secondary N) is 1. The Kier molecular flexibility index (Phi) is 9.47. The minimum absolute atomic E-state index is 0.0445. The maximum Gasteiger partial charge on any atom is 0.311 e. The fraction of sp³-hybridized carbons (Fsp3) is 0.611. The second kappa shape index (κ2) is 10.6. The maximum absolute atomic E-state index is 12.4. The van der Waals surface area contributed by atoms with Crippen molar-refractivity contribution in [1.82, 2.24) is 10.3 Å². The Bertz CT molecular complexity index is 595. The van der Waals surface area contributed by atoms with Crippen LogP contribution >= 0.6 is 37.5 Å². The molecule has 0 aromatic carbocycles. The van der Waals surface area contributed by atoms with Crippen LogP contribution < -0.4 is 5.32 Å². The summed E-state index contributed by atoms with van der Waals surface area (Å²) in [6, 6.07) is 5.79. The van der Waals surface area contributed by atoms with Gasteiger partial charge in [0.15, 0.2) is 0 Å². The second-order valence-electron chi connectivity index (χ2n) is 7.10. The van der Waals surface area contributed by atoms with Gasteiger partial charge in [-0.25, -0.2) is 4.98 Å². The quantitative estimate of drug-likeness (QED) is 0.239. The Hall–Kier alpha value is -0.730. The summed E-state index contributed by atoms with van der Waals surface area (Å²) in [5, 5.41) is 3.80. The van der Waals surface area contributed by atoms with E-state index in [9.17, 15) is 9.59 Å². The average Bonchev–Trinajstić information content (AvgIpc) is 2.53. The zero-order valence-corrected chi connectivity index (χ0v) is 19.1. The summed E-state index contributed by atoms with van der Waals surface area (Å²) >= 11 is 3.46. The van der Waals surface area contributed by atoms with Crippen molar-refractivity contribution in [2.24, 2.45) is 5.41 Å². The van der Waals surface area contributed by atoms with Crippen molar-refractivity contribution in [2.45, 2.75) is 56.4 Å². The number of rotatable bonds is 10. The highest BCUT2D eigenvalue weighted by Gasteiger charge is 2.41. The molecule has 1 aromatic rings. The van der Waals surface area contributed by atoms with E-state index in [1.807, 2.05) is 32.0 Å². The van der Waals surface area contributed by atoms with E-state index in [0.717, 1.165) is 5.03 Å². The largest absolute Gasteiger partial charge is 0.464 e. The highest BCUT2D eigenvalue weighted by atomic mass is 79.9. The second-order valence-corrected chi connectivity index (χ2v) is 11.3. The van der Waals surface area contributed by atoms with Gasteiger partial charge in [-0.15, -0.1) is 0 Å². The first-order valence-corrected chi connectivity index (χ1v) is 11.5. The molecule has 1 atom stereocenters. The molecule has 0 saturated heterocycles. The van der Waals surface area contributed by atoms with Crippen LogP contribution in [0.15, 0.2) is 29.4 Å². The molecular weight excluding hydrogens is 436 g/mol. The molecule has 1 unspecified atom stereocenters. The number of esters is 1. The van der Waals surface area contributed by atoms with Gasteiger partial charge in [0, 0.05) is 18.0 Å². The first kappa shape index (κ1) is 23.3. The molecule has 1 amide bonds. The van der Waals surface area contributed by atoms with Gasteiger partial charge < -0.3 is 10.1 Å². The van der Waals surface area contributed by atoms with Gasteiger partial charge in [-0.1, -0.05) is 32.8 Å². The van der Waals surface area contributed by atoms with Crippen molar-refractivity contribution in [3.63, 3.8) is 0 Å². The summed E-state index contributed by atoms with van der Waals surface area (Å²) in [4.78, 5) is 28.9. The number of halogens is 1. The molecule has 1 heterocycles. The fourth-order valence-electron chi connectivity index (χ4n) is 2.26. The van der Waals surface area contributed by atoms with Gasteiger partial charge in [0.1, 0.15) is 16.0 Å². The molecule has 0 saturated carbocycles. The number of nitrogens with zero attached hydrogens (tertiary/aromatic N) is 1. The van der Waals surface area contributed by atoms with E-state index in [2.05, 4.69) is 26.2 Å². The smallest absolute Gasteiger partial charge is 0.311 e. The summed E-state index contributed by atoms with van der Waals surface area (Å²) in [7, 11) is 3.14. The molecule has 146 valence electrons. The summed E-state index contributed by atoms with van der Waals surface area (Å²) in [6.07, 6.45) is 2.09. The minimum Gasteiger partial charge on any atom is -0.464 e. The van der Waals surface area contributed by atoms with Crippen molar-refractivity contribution in [3.8, 4) is 0 Å². The van der Waals surface area contributed by atoms with Crippen molar-refractivity contribution >= 4 is 49.4 Å².